The van der Waals surface area contributed by atoms with Crippen LogP contribution in [0.25, 0.3) is 11.1 Å². The summed E-state index contributed by atoms with van der Waals surface area (Å²) in [6.07, 6.45) is 0. The lowest BCUT2D eigenvalue weighted by Gasteiger charge is -2.18. The molecule has 2 N–H and O–H groups in total. The molecule has 2 rings (SSSR count). The SMILES string of the molecule is CC(C)[C@@H](NC(=O)COc1ccccc1-c1ccccc1)C(=O)O. The zero-order valence-electron chi connectivity index (χ0n) is 13.7. The van der Waals surface area contributed by atoms with Gasteiger partial charge in [0.15, 0.2) is 6.61 Å². The minimum atomic E-state index is -1.05. The van der Waals surface area contributed by atoms with Crippen LogP contribution in [-0.2, 0) is 9.59 Å². The Balaban J connectivity index is 2.05. The number of carbonyl (C=O) groups is 2. The first-order valence-corrected chi connectivity index (χ1v) is 7.78. The Morgan fingerprint density at radius 2 is 1.67 bits per heavy atom. The van der Waals surface area contributed by atoms with Crippen molar-refractivity contribution in [3.05, 3.63) is 54.6 Å². The Morgan fingerprint density at radius 1 is 1.04 bits per heavy atom. The van der Waals surface area contributed by atoms with Gasteiger partial charge in [-0.1, -0.05) is 62.4 Å². The van der Waals surface area contributed by atoms with Gasteiger partial charge in [0.1, 0.15) is 11.8 Å². The number of hydrogen-bond donors (Lipinski definition) is 2. The summed E-state index contributed by atoms with van der Waals surface area (Å²) in [6, 6.07) is 16.2. The molecule has 2 aromatic rings. The molecule has 0 unspecified atom stereocenters. The van der Waals surface area contributed by atoms with Crippen molar-refractivity contribution in [3.8, 4) is 16.9 Å². The summed E-state index contributed by atoms with van der Waals surface area (Å²) < 4.78 is 5.61. The first-order chi connectivity index (χ1) is 11.5. The number of nitrogens with one attached hydrogen (secondary N) is 1. The standard InChI is InChI=1S/C19H21NO4/c1-13(2)18(19(22)23)20-17(21)12-24-16-11-7-6-10-15(16)14-8-4-3-5-9-14/h3-11,13,18H,12H2,1-2H3,(H,20,21)(H,22,23)/t18-/m1/s1. The van der Waals surface area contributed by atoms with Crippen molar-refractivity contribution in [2.24, 2.45) is 5.92 Å². The molecule has 24 heavy (non-hydrogen) atoms. The molecule has 1 amide bonds. The highest BCUT2D eigenvalue weighted by Crippen LogP contribution is 2.29. The highest BCUT2D eigenvalue weighted by atomic mass is 16.5. The van der Waals surface area contributed by atoms with Gasteiger partial charge in [-0.2, -0.15) is 0 Å². The summed E-state index contributed by atoms with van der Waals surface area (Å²) in [5, 5.41) is 11.6. The van der Waals surface area contributed by atoms with Crippen molar-refractivity contribution in [1.29, 1.82) is 0 Å². The van der Waals surface area contributed by atoms with Crippen LogP contribution < -0.4 is 10.1 Å². The molecule has 0 spiro atoms. The van der Waals surface area contributed by atoms with Gasteiger partial charge >= 0.3 is 5.97 Å². The number of carbonyl (C=O) groups excluding carboxylic acids is 1. The van der Waals surface area contributed by atoms with Crippen LogP contribution in [0.15, 0.2) is 54.6 Å². The number of ether oxygens (including phenoxy) is 1. The zero-order chi connectivity index (χ0) is 17.5. The lowest BCUT2D eigenvalue weighted by molar-refractivity contribution is -0.143. The Labute approximate surface area is 141 Å². The molecule has 0 fully saturated rings. The number of amides is 1. The molecule has 2 aromatic carbocycles. The summed E-state index contributed by atoms with van der Waals surface area (Å²) in [6.45, 7) is 3.25. The van der Waals surface area contributed by atoms with E-state index in [1.165, 1.54) is 0 Å². The summed E-state index contributed by atoms with van der Waals surface area (Å²) in [5.74, 6) is -1.14. The van der Waals surface area contributed by atoms with Crippen molar-refractivity contribution >= 4 is 11.9 Å². The van der Waals surface area contributed by atoms with Crippen LogP contribution >= 0.6 is 0 Å². The van der Waals surface area contributed by atoms with Crippen LogP contribution in [0, 0.1) is 5.92 Å². The molecule has 0 aromatic heterocycles. The van der Waals surface area contributed by atoms with E-state index >= 15 is 0 Å². The molecule has 0 saturated heterocycles. The molecule has 5 nitrogen and oxygen atoms in total. The summed E-state index contributed by atoms with van der Waals surface area (Å²) in [4.78, 5) is 23.1. The van der Waals surface area contributed by atoms with Gasteiger partial charge in [-0.25, -0.2) is 4.79 Å². The van der Waals surface area contributed by atoms with Gasteiger partial charge in [-0.05, 0) is 17.5 Å². The molecule has 0 bridgehead atoms. The number of para-hydroxylation sites is 1. The Hall–Kier alpha value is -2.82. The molecule has 5 heteroatoms. The predicted octanol–water partition coefficient (Wildman–Crippen LogP) is 2.96. The minimum absolute atomic E-state index is 0.206. The van der Waals surface area contributed by atoms with Crippen LogP contribution in [0.3, 0.4) is 0 Å². The number of hydrogen-bond acceptors (Lipinski definition) is 3. The molecule has 1 atom stereocenters. The van der Waals surface area contributed by atoms with E-state index in [9.17, 15) is 9.59 Å². The fourth-order valence-corrected chi connectivity index (χ4v) is 2.32. The Kier molecular flexibility index (Phi) is 5.95. The van der Waals surface area contributed by atoms with E-state index in [1.807, 2.05) is 48.5 Å². The van der Waals surface area contributed by atoms with Gasteiger partial charge in [0.05, 0.1) is 0 Å². The van der Waals surface area contributed by atoms with Crippen molar-refractivity contribution < 1.29 is 19.4 Å². The number of rotatable bonds is 7. The van der Waals surface area contributed by atoms with E-state index in [0.29, 0.717) is 5.75 Å². The van der Waals surface area contributed by atoms with Gasteiger partial charge < -0.3 is 15.2 Å². The molecular formula is C19H21NO4. The fourth-order valence-electron chi connectivity index (χ4n) is 2.32. The molecule has 0 radical (unpaired) electrons. The quantitative estimate of drug-likeness (QED) is 0.820. The highest BCUT2D eigenvalue weighted by Gasteiger charge is 2.23. The van der Waals surface area contributed by atoms with Gasteiger partial charge in [0.2, 0.25) is 0 Å². The van der Waals surface area contributed by atoms with Crippen LogP contribution in [0.4, 0.5) is 0 Å². The minimum Gasteiger partial charge on any atom is -0.483 e. The van der Waals surface area contributed by atoms with E-state index in [-0.39, 0.29) is 12.5 Å². The summed E-state index contributed by atoms with van der Waals surface area (Å²) in [7, 11) is 0. The predicted molar refractivity (Wildman–Crippen MR) is 91.8 cm³/mol. The van der Waals surface area contributed by atoms with Crippen LogP contribution in [0.1, 0.15) is 13.8 Å². The summed E-state index contributed by atoms with van der Waals surface area (Å²) in [5.41, 5.74) is 1.86. The van der Waals surface area contributed by atoms with Crippen molar-refractivity contribution in [2.75, 3.05) is 6.61 Å². The molecular weight excluding hydrogens is 306 g/mol. The normalized spacial score (nSPS) is 11.8. The summed E-state index contributed by atoms with van der Waals surface area (Å²) >= 11 is 0. The maximum absolute atomic E-state index is 12.0. The molecule has 0 heterocycles. The van der Waals surface area contributed by atoms with E-state index in [1.54, 1.807) is 19.9 Å². The maximum Gasteiger partial charge on any atom is 0.326 e. The van der Waals surface area contributed by atoms with Gasteiger partial charge in [0.25, 0.3) is 5.91 Å². The van der Waals surface area contributed by atoms with Crippen molar-refractivity contribution in [3.63, 3.8) is 0 Å². The molecule has 126 valence electrons. The molecule has 0 aliphatic rings. The van der Waals surface area contributed by atoms with E-state index < -0.39 is 17.9 Å². The average Bonchev–Trinajstić information content (AvgIpc) is 2.58. The van der Waals surface area contributed by atoms with Crippen molar-refractivity contribution in [1.82, 2.24) is 5.32 Å². The average molecular weight is 327 g/mol. The number of carboxylic acid groups (broad SMARTS) is 1. The second-order valence-corrected chi connectivity index (χ2v) is 5.78. The third kappa shape index (κ3) is 4.59. The number of aliphatic carboxylic acids is 1. The topological polar surface area (TPSA) is 75.6 Å². The van der Waals surface area contributed by atoms with E-state index in [2.05, 4.69) is 5.32 Å². The van der Waals surface area contributed by atoms with Crippen LogP contribution in [-0.4, -0.2) is 29.6 Å². The number of carboxylic acids is 1. The third-order valence-corrected chi connectivity index (χ3v) is 3.58. The Morgan fingerprint density at radius 3 is 2.29 bits per heavy atom. The largest absolute Gasteiger partial charge is 0.483 e. The fraction of sp³-hybridized carbons (Fsp3) is 0.263. The molecule has 0 aliphatic carbocycles. The van der Waals surface area contributed by atoms with Gasteiger partial charge in [-0.3, -0.25) is 4.79 Å². The van der Waals surface area contributed by atoms with Gasteiger partial charge in [0, 0.05) is 5.56 Å². The second-order valence-electron chi connectivity index (χ2n) is 5.78. The first kappa shape index (κ1) is 17.5. The van der Waals surface area contributed by atoms with Crippen LogP contribution in [0.5, 0.6) is 5.75 Å². The van der Waals surface area contributed by atoms with Crippen LogP contribution in [0.2, 0.25) is 0 Å². The number of benzene rings is 2. The molecule has 0 saturated carbocycles. The van der Waals surface area contributed by atoms with E-state index in [4.69, 9.17) is 9.84 Å². The maximum atomic E-state index is 12.0. The first-order valence-electron chi connectivity index (χ1n) is 7.78. The van der Waals surface area contributed by atoms with Gasteiger partial charge in [-0.15, -0.1) is 0 Å². The monoisotopic (exact) mass is 327 g/mol. The lowest BCUT2D eigenvalue weighted by Crippen LogP contribution is -2.46. The lowest BCUT2D eigenvalue weighted by atomic mass is 10.0. The zero-order valence-corrected chi connectivity index (χ0v) is 13.7. The smallest absolute Gasteiger partial charge is 0.326 e. The van der Waals surface area contributed by atoms with Crippen molar-refractivity contribution in [2.45, 2.75) is 19.9 Å². The Bertz CT molecular complexity index is 698. The van der Waals surface area contributed by atoms with E-state index in [0.717, 1.165) is 11.1 Å². The molecule has 0 aliphatic heterocycles. The third-order valence-electron chi connectivity index (χ3n) is 3.58. The second kappa shape index (κ2) is 8.15. The highest BCUT2D eigenvalue weighted by molar-refractivity contribution is 5.84.